The van der Waals surface area contributed by atoms with E-state index >= 15 is 0 Å². The summed E-state index contributed by atoms with van der Waals surface area (Å²) in [6.45, 7) is 7.40. The molecule has 4 heterocycles. The van der Waals surface area contributed by atoms with Gasteiger partial charge in [0.2, 0.25) is 0 Å². The molecule has 0 bridgehead atoms. The minimum Gasteiger partial charge on any atom is -0.379 e. The lowest BCUT2D eigenvalue weighted by molar-refractivity contribution is 0.0583. The Morgan fingerprint density at radius 3 is 3.09 bits per heavy atom. The number of nitrogens with zero attached hydrogens (tertiary/aromatic N) is 4. The Labute approximate surface area is 137 Å². The Balaban J connectivity index is 1.75. The van der Waals surface area contributed by atoms with Crippen molar-refractivity contribution in [3.8, 4) is 0 Å². The topological polar surface area (TPSA) is 43.2 Å². The van der Waals surface area contributed by atoms with E-state index in [1.54, 1.807) is 0 Å². The van der Waals surface area contributed by atoms with Crippen molar-refractivity contribution in [3.05, 3.63) is 24.2 Å². The van der Waals surface area contributed by atoms with Gasteiger partial charge >= 0.3 is 0 Å². The van der Waals surface area contributed by atoms with E-state index in [0.717, 1.165) is 43.9 Å². The molecule has 2 aromatic rings. The molecule has 0 radical (unpaired) electrons. The lowest BCUT2D eigenvalue weighted by atomic mass is 9.96. The summed E-state index contributed by atoms with van der Waals surface area (Å²) in [5.41, 5.74) is 2.06. The van der Waals surface area contributed by atoms with Crippen LogP contribution in [0.4, 0.5) is 0 Å². The van der Waals surface area contributed by atoms with Crippen molar-refractivity contribution in [1.29, 1.82) is 0 Å². The second-order valence-corrected chi connectivity index (χ2v) is 6.79. The summed E-state index contributed by atoms with van der Waals surface area (Å²) in [6.07, 6.45) is 6.67. The van der Waals surface area contributed by atoms with Crippen LogP contribution in [0.25, 0.3) is 11.2 Å². The quantitative estimate of drug-likeness (QED) is 0.873. The third-order valence-corrected chi connectivity index (χ3v) is 5.30. The SMILES string of the molecule is CCN1CCCC(c2nc3cccnc3n2C2CCCOC2)C1. The predicted molar refractivity (Wildman–Crippen MR) is 90.7 cm³/mol. The Hall–Kier alpha value is -1.46. The first-order valence-electron chi connectivity index (χ1n) is 8.99. The zero-order chi connectivity index (χ0) is 15.6. The monoisotopic (exact) mass is 314 g/mol. The van der Waals surface area contributed by atoms with Crippen molar-refractivity contribution < 1.29 is 4.74 Å². The fourth-order valence-electron chi connectivity index (χ4n) is 4.08. The summed E-state index contributed by atoms with van der Waals surface area (Å²) in [7, 11) is 0. The van der Waals surface area contributed by atoms with Crippen LogP contribution in [0.5, 0.6) is 0 Å². The van der Waals surface area contributed by atoms with Gasteiger partial charge in [-0.05, 0) is 50.9 Å². The molecule has 23 heavy (non-hydrogen) atoms. The predicted octanol–water partition coefficient (Wildman–Crippen LogP) is 2.98. The Bertz CT molecular complexity index is 662. The van der Waals surface area contributed by atoms with Crippen LogP contribution in [0.1, 0.15) is 50.4 Å². The summed E-state index contributed by atoms with van der Waals surface area (Å²) in [6, 6.07) is 4.46. The van der Waals surface area contributed by atoms with Crippen LogP contribution in [0.15, 0.2) is 18.3 Å². The van der Waals surface area contributed by atoms with E-state index in [9.17, 15) is 0 Å². The maximum Gasteiger partial charge on any atom is 0.160 e. The number of imidazole rings is 1. The molecule has 2 fully saturated rings. The van der Waals surface area contributed by atoms with E-state index in [2.05, 4.69) is 27.4 Å². The highest BCUT2D eigenvalue weighted by molar-refractivity contribution is 5.71. The molecule has 0 aliphatic carbocycles. The number of rotatable bonds is 3. The van der Waals surface area contributed by atoms with Gasteiger partial charge in [-0.15, -0.1) is 0 Å². The molecule has 2 saturated heterocycles. The van der Waals surface area contributed by atoms with E-state index in [-0.39, 0.29) is 0 Å². The van der Waals surface area contributed by atoms with Gasteiger partial charge in [0.05, 0.1) is 12.6 Å². The van der Waals surface area contributed by atoms with Crippen molar-refractivity contribution in [3.63, 3.8) is 0 Å². The molecule has 4 rings (SSSR count). The fraction of sp³-hybridized carbons (Fsp3) is 0.667. The molecular weight excluding hydrogens is 288 g/mol. The molecule has 0 saturated carbocycles. The zero-order valence-electron chi connectivity index (χ0n) is 13.9. The highest BCUT2D eigenvalue weighted by Gasteiger charge is 2.29. The van der Waals surface area contributed by atoms with Crippen molar-refractivity contribution in [1.82, 2.24) is 19.4 Å². The number of pyridine rings is 1. The summed E-state index contributed by atoms with van der Waals surface area (Å²) >= 11 is 0. The minimum atomic E-state index is 0.385. The summed E-state index contributed by atoms with van der Waals surface area (Å²) in [4.78, 5) is 12.2. The largest absolute Gasteiger partial charge is 0.379 e. The van der Waals surface area contributed by atoms with Gasteiger partial charge in [0, 0.05) is 25.3 Å². The Kier molecular flexibility index (Phi) is 4.31. The first-order valence-corrected chi connectivity index (χ1v) is 8.99. The second-order valence-electron chi connectivity index (χ2n) is 6.79. The molecule has 0 spiro atoms. The van der Waals surface area contributed by atoms with Crippen molar-refractivity contribution >= 4 is 11.2 Å². The molecule has 2 aromatic heterocycles. The first-order chi connectivity index (χ1) is 11.4. The van der Waals surface area contributed by atoms with Gasteiger partial charge in [-0.3, -0.25) is 0 Å². The van der Waals surface area contributed by atoms with E-state index in [4.69, 9.17) is 9.72 Å². The molecule has 2 aliphatic heterocycles. The standard InChI is InChI=1S/C18H26N4O/c1-2-21-10-4-6-14(12-21)17-20-16-8-3-9-19-18(16)22(17)15-7-5-11-23-13-15/h3,8-9,14-15H,2,4-7,10-13H2,1H3. The number of hydrogen-bond donors (Lipinski definition) is 0. The van der Waals surface area contributed by atoms with E-state index in [0.29, 0.717) is 12.0 Å². The third kappa shape index (κ3) is 2.88. The average molecular weight is 314 g/mol. The molecule has 124 valence electrons. The highest BCUT2D eigenvalue weighted by atomic mass is 16.5. The smallest absolute Gasteiger partial charge is 0.160 e. The molecule has 5 nitrogen and oxygen atoms in total. The Morgan fingerprint density at radius 1 is 1.30 bits per heavy atom. The molecule has 5 heteroatoms. The van der Waals surface area contributed by atoms with Crippen LogP contribution in [0, 0.1) is 0 Å². The maximum absolute atomic E-state index is 5.75. The van der Waals surface area contributed by atoms with Crippen LogP contribution in [-0.4, -0.2) is 52.3 Å². The van der Waals surface area contributed by atoms with Crippen LogP contribution in [0.3, 0.4) is 0 Å². The minimum absolute atomic E-state index is 0.385. The number of hydrogen-bond acceptors (Lipinski definition) is 4. The summed E-state index contributed by atoms with van der Waals surface area (Å²) < 4.78 is 8.15. The fourth-order valence-corrected chi connectivity index (χ4v) is 4.08. The number of aromatic nitrogens is 3. The first kappa shape index (κ1) is 15.1. The maximum atomic E-state index is 5.75. The molecule has 2 atom stereocenters. The molecular formula is C18H26N4O. The van der Waals surface area contributed by atoms with E-state index in [1.165, 1.54) is 31.6 Å². The lowest BCUT2D eigenvalue weighted by Gasteiger charge is -2.33. The number of likely N-dealkylation sites (tertiary alicyclic amines) is 1. The number of fused-ring (bicyclic) bond motifs is 1. The molecule has 2 aliphatic rings. The van der Waals surface area contributed by atoms with Crippen LogP contribution < -0.4 is 0 Å². The molecule has 0 amide bonds. The average Bonchev–Trinajstić information content (AvgIpc) is 3.02. The van der Waals surface area contributed by atoms with Crippen LogP contribution in [-0.2, 0) is 4.74 Å². The van der Waals surface area contributed by atoms with Crippen molar-refractivity contribution in [2.45, 2.75) is 44.6 Å². The lowest BCUT2D eigenvalue weighted by Crippen LogP contribution is -2.36. The molecule has 0 aromatic carbocycles. The van der Waals surface area contributed by atoms with Crippen LogP contribution in [0.2, 0.25) is 0 Å². The van der Waals surface area contributed by atoms with Crippen molar-refractivity contribution in [2.75, 3.05) is 32.8 Å². The highest BCUT2D eigenvalue weighted by Crippen LogP contribution is 2.33. The van der Waals surface area contributed by atoms with Gasteiger partial charge in [-0.25, -0.2) is 9.97 Å². The van der Waals surface area contributed by atoms with Crippen LogP contribution >= 0.6 is 0 Å². The van der Waals surface area contributed by atoms with Crippen molar-refractivity contribution in [2.24, 2.45) is 0 Å². The number of piperidine rings is 1. The third-order valence-electron chi connectivity index (χ3n) is 5.30. The van der Waals surface area contributed by atoms with Gasteiger partial charge in [-0.2, -0.15) is 0 Å². The zero-order valence-corrected chi connectivity index (χ0v) is 13.9. The summed E-state index contributed by atoms with van der Waals surface area (Å²) in [5, 5.41) is 0. The normalized spacial score (nSPS) is 26.7. The molecule has 0 N–H and O–H groups in total. The van der Waals surface area contributed by atoms with Gasteiger partial charge in [0.1, 0.15) is 11.3 Å². The Morgan fingerprint density at radius 2 is 2.26 bits per heavy atom. The summed E-state index contributed by atoms with van der Waals surface area (Å²) in [5.74, 6) is 1.74. The van der Waals surface area contributed by atoms with E-state index in [1.807, 2.05) is 12.3 Å². The number of likely N-dealkylation sites (N-methyl/N-ethyl adjacent to an activating group) is 1. The van der Waals surface area contributed by atoms with Gasteiger partial charge in [0.25, 0.3) is 0 Å². The second kappa shape index (κ2) is 6.57. The van der Waals surface area contributed by atoms with Gasteiger partial charge in [-0.1, -0.05) is 6.92 Å². The van der Waals surface area contributed by atoms with Gasteiger partial charge in [0.15, 0.2) is 5.65 Å². The van der Waals surface area contributed by atoms with E-state index < -0.39 is 0 Å². The number of ether oxygens (including phenoxy) is 1. The van der Waals surface area contributed by atoms with Gasteiger partial charge < -0.3 is 14.2 Å². The molecule has 2 unspecified atom stereocenters.